The first-order valence-electron chi connectivity index (χ1n) is 20.0. The second-order valence-corrected chi connectivity index (χ2v) is 16.4. The van der Waals surface area contributed by atoms with Crippen LogP contribution in [0.3, 0.4) is 0 Å². The molecule has 7 nitrogen and oxygen atoms in total. The maximum atomic E-state index is 13.2. The second kappa shape index (κ2) is 16.1. The molecule has 0 bridgehead atoms. The van der Waals surface area contributed by atoms with E-state index in [9.17, 15) is 4.79 Å². The summed E-state index contributed by atoms with van der Waals surface area (Å²) in [6, 6.07) is 34.0. The predicted molar refractivity (Wildman–Crippen MR) is 231 cm³/mol. The molecule has 9 heteroatoms. The van der Waals surface area contributed by atoms with Gasteiger partial charge in [0.2, 0.25) is 0 Å². The number of hydrogen-bond donors (Lipinski definition) is 0. The Balaban J connectivity index is 0.808. The molecule has 3 aliphatic rings. The fraction of sp³-hybridized carbons (Fsp3) is 0.319. The molecule has 5 aromatic carbocycles. The highest BCUT2D eigenvalue weighted by molar-refractivity contribution is 6.31. The lowest BCUT2D eigenvalue weighted by Crippen LogP contribution is -2.47. The Labute approximate surface area is 339 Å². The number of amides is 1. The molecule has 56 heavy (non-hydrogen) atoms. The van der Waals surface area contributed by atoms with Gasteiger partial charge in [-0.05, 0) is 122 Å². The van der Waals surface area contributed by atoms with Crippen LogP contribution in [0.1, 0.15) is 41.6 Å². The van der Waals surface area contributed by atoms with E-state index in [4.69, 9.17) is 32.9 Å². The molecule has 286 valence electrons. The van der Waals surface area contributed by atoms with Crippen LogP contribution in [-0.2, 0) is 6.54 Å². The number of nitrogens with zero attached hydrogens (tertiary/aromatic N) is 5. The predicted octanol–water partition coefficient (Wildman–Crippen LogP) is 10.5. The molecule has 0 radical (unpaired) electrons. The van der Waals surface area contributed by atoms with Crippen molar-refractivity contribution in [1.29, 1.82) is 0 Å². The van der Waals surface area contributed by atoms with Crippen molar-refractivity contribution in [1.82, 2.24) is 19.3 Å². The van der Waals surface area contributed by atoms with Gasteiger partial charge in [-0.3, -0.25) is 9.79 Å². The van der Waals surface area contributed by atoms with Gasteiger partial charge in [0.25, 0.3) is 5.91 Å². The molecular weight excluding hydrogens is 737 g/mol. The van der Waals surface area contributed by atoms with Gasteiger partial charge < -0.3 is 24.0 Å². The number of carbonyl (C=O) groups is 1. The summed E-state index contributed by atoms with van der Waals surface area (Å²) in [7, 11) is 0. The lowest BCUT2D eigenvalue weighted by molar-refractivity contribution is 0.0774. The third-order valence-electron chi connectivity index (χ3n) is 11.9. The summed E-state index contributed by atoms with van der Waals surface area (Å²) in [6.07, 6.45) is 6.01. The minimum Gasteiger partial charge on any atom is -0.493 e. The Bertz CT molecular complexity index is 2310. The molecule has 0 N–H and O–H groups in total. The number of carbonyl (C=O) groups excluding carboxylic acids is 1. The van der Waals surface area contributed by atoms with Crippen molar-refractivity contribution in [2.24, 2.45) is 4.99 Å². The molecule has 1 aromatic heterocycles. The van der Waals surface area contributed by atoms with Gasteiger partial charge in [0.1, 0.15) is 5.75 Å². The number of aromatic nitrogens is 1. The average molecular weight is 785 g/mol. The first kappa shape index (κ1) is 36.9. The number of aryl methyl sites for hydroxylation is 2. The number of fused-ring (bicyclic) bond motifs is 5. The summed E-state index contributed by atoms with van der Waals surface area (Å²) in [5, 5.41) is 4.02. The van der Waals surface area contributed by atoms with Crippen molar-refractivity contribution in [2.75, 3.05) is 52.4 Å². The Morgan fingerprint density at radius 2 is 1.25 bits per heavy atom. The normalized spacial score (nSPS) is 17.4. The molecule has 1 atom stereocenters. The zero-order valence-corrected chi connectivity index (χ0v) is 33.4. The molecule has 0 saturated carbocycles. The highest BCUT2D eigenvalue weighted by Gasteiger charge is 2.32. The largest absolute Gasteiger partial charge is 0.493 e. The average Bonchev–Trinajstić information content (AvgIpc) is 3.79. The van der Waals surface area contributed by atoms with E-state index in [1.807, 2.05) is 54.4 Å². The Hall–Kier alpha value is -4.66. The van der Waals surface area contributed by atoms with Gasteiger partial charge in [-0.2, -0.15) is 0 Å². The fourth-order valence-electron chi connectivity index (χ4n) is 8.78. The highest BCUT2D eigenvalue weighted by Crippen LogP contribution is 2.37. The summed E-state index contributed by atoms with van der Waals surface area (Å²) in [4.78, 5) is 25.0. The zero-order valence-electron chi connectivity index (χ0n) is 31.9. The van der Waals surface area contributed by atoms with Gasteiger partial charge in [-0.25, -0.2) is 0 Å². The molecule has 0 aliphatic carbocycles. The van der Waals surface area contributed by atoms with Crippen molar-refractivity contribution in [3.8, 4) is 28.0 Å². The third-order valence-corrected chi connectivity index (χ3v) is 12.4. The minimum atomic E-state index is 0.0918. The van der Waals surface area contributed by atoms with E-state index < -0.39 is 0 Å². The quantitative estimate of drug-likeness (QED) is 0.123. The molecule has 2 saturated heterocycles. The van der Waals surface area contributed by atoms with E-state index in [2.05, 4.69) is 75.0 Å². The maximum Gasteiger partial charge on any atom is 0.256 e. The van der Waals surface area contributed by atoms with Gasteiger partial charge in [0.05, 0.1) is 23.9 Å². The molecule has 6 aromatic rings. The van der Waals surface area contributed by atoms with Crippen LogP contribution in [0, 0.1) is 6.92 Å². The molecule has 0 spiro atoms. The van der Waals surface area contributed by atoms with Crippen LogP contribution in [0.15, 0.2) is 102 Å². The summed E-state index contributed by atoms with van der Waals surface area (Å²) < 4.78 is 8.76. The zero-order chi connectivity index (χ0) is 38.2. The lowest BCUT2D eigenvalue weighted by Gasteiger charge is -2.34. The number of ether oxygens (including phenoxy) is 1. The summed E-state index contributed by atoms with van der Waals surface area (Å²) in [5.41, 5.74) is 9.63. The number of piperazine rings is 1. The van der Waals surface area contributed by atoms with E-state index >= 15 is 0 Å². The van der Waals surface area contributed by atoms with Crippen molar-refractivity contribution < 1.29 is 9.53 Å². The van der Waals surface area contributed by atoms with Gasteiger partial charge in [0.15, 0.2) is 0 Å². The van der Waals surface area contributed by atoms with Gasteiger partial charge in [-0.15, -0.1) is 0 Å². The smallest absolute Gasteiger partial charge is 0.256 e. The van der Waals surface area contributed by atoms with Crippen LogP contribution in [0.5, 0.6) is 5.75 Å². The SMILES string of the molecule is Cc1cc2c(cc1OCCCN1CCN(CCCn3c4ccc(-c5ccc(Cl)cc5)cc4c4cc(-c5ccc(Cl)cc5)ccc43)CC1)N=C[C@@H]1CCCN1C2=O. The Kier molecular flexibility index (Phi) is 10.6. The standard InChI is InChI=1S/C47H47Cl2N5O2/c1-32-27-42-43(50-31-39-5-2-20-53(39)47(42)55)30-46(32)56-26-4-19-52-24-22-51(23-25-52)18-3-21-54-44-16-10-35(33-6-12-37(48)13-7-33)28-40(44)41-29-36(11-17-45(41)54)34-8-14-38(49)15-9-34/h6-17,27-31,39H,2-5,18-26H2,1H3/t39-/m0/s1. The minimum absolute atomic E-state index is 0.0918. The first-order chi connectivity index (χ1) is 27.4. The first-order valence-corrected chi connectivity index (χ1v) is 20.8. The van der Waals surface area contributed by atoms with Crippen LogP contribution < -0.4 is 4.74 Å². The molecular formula is C47H47Cl2N5O2. The summed E-state index contributed by atoms with van der Waals surface area (Å²) in [5.74, 6) is 0.918. The Morgan fingerprint density at radius 1 is 0.679 bits per heavy atom. The number of halogens is 2. The molecule has 2 fully saturated rings. The van der Waals surface area contributed by atoms with Crippen LogP contribution in [-0.4, -0.2) is 89.9 Å². The number of rotatable bonds is 11. The van der Waals surface area contributed by atoms with Crippen LogP contribution in [0.25, 0.3) is 44.1 Å². The summed E-state index contributed by atoms with van der Waals surface area (Å²) in [6.45, 7) is 10.8. The molecule has 9 rings (SSSR count). The molecule has 1 amide bonds. The molecule has 4 heterocycles. The maximum absolute atomic E-state index is 13.2. The van der Waals surface area contributed by atoms with Crippen molar-refractivity contribution in [3.05, 3.63) is 118 Å². The van der Waals surface area contributed by atoms with Gasteiger partial charge >= 0.3 is 0 Å². The van der Waals surface area contributed by atoms with E-state index in [-0.39, 0.29) is 11.9 Å². The lowest BCUT2D eigenvalue weighted by atomic mass is 10.0. The monoisotopic (exact) mass is 783 g/mol. The van der Waals surface area contributed by atoms with Crippen molar-refractivity contribution >= 4 is 62.8 Å². The molecule has 3 aliphatic heterocycles. The second-order valence-electron chi connectivity index (χ2n) is 15.5. The number of benzene rings is 5. The van der Waals surface area contributed by atoms with Crippen molar-refractivity contribution in [2.45, 2.75) is 45.2 Å². The highest BCUT2D eigenvalue weighted by atomic mass is 35.5. The topological polar surface area (TPSA) is 53.3 Å². The van der Waals surface area contributed by atoms with Crippen LogP contribution >= 0.6 is 23.2 Å². The van der Waals surface area contributed by atoms with E-state index in [1.54, 1.807) is 0 Å². The van der Waals surface area contributed by atoms with Crippen LogP contribution in [0.4, 0.5) is 5.69 Å². The number of aliphatic imine (C=N–C) groups is 1. The summed E-state index contributed by atoms with van der Waals surface area (Å²) >= 11 is 12.4. The van der Waals surface area contributed by atoms with E-state index in [1.165, 1.54) is 32.9 Å². The van der Waals surface area contributed by atoms with E-state index in [0.29, 0.717) is 12.2 Å². The fourth-order valence-corrected chi connectivity index (χ4v) is 9.03. The molecule has 0 unspecified atom stereocenters. The van der Waals surface area contributed by atoms with Gasteiger partial charge in [-0.1, -0.05) is 59.6 Å². The third kappa shape index (κ3) is 7.58. The van der Waals surface area contributed by atoms with Crippen molar-refractivity contribution in [3.63, 3.8) is 0 Å². The van der Waals surface area contributed by atoms with Crippen LogP contribution in [0.2, 0.25) is 10.0 Å². The Morgan fingerprint density at radius 3 is 1.86 bits per heavy atom. The van der Waals surface area contributed by atoms with Gasteiger partial charge in [0, 0.05) is 89.9 Å². The number of hydrogen-bond acceptors (Lipinski definition) is 5. The van der Waals surface area contributed by atoms with E-state index in [0.717, 1.165) is 116 Å².